The van der Waals surface area contributed by atoms with Gasteiger partial charge in [0.25, 0.3) is 17.2 Å². The second-order valence-electron chi connectivity index (χ2n) is 4.61. The summed E-state index contributed by atoms with van der Waals surface area (Å²) in [6, 6.07) is 0.792. The average Bonchev–Trinajstić information content (AvgIpc) is 2.34. The van der Waals surface area contributed by atoms with Gasteiger partial charge in [0.1, 0.15) is 5.56 Å². The highest BCUT2D eigenvalue weighted by atomic mass is 16.6. The SMILES string of the molecule is CC(O)(CNC(=O)c1cc([N+](=O)[O-])c[nH]c1=O)CC(=O)O. The number of amides is 1. The molecule has 1 aromatic heterocycles. The van der Waals surface area contributed by atoms with Gasteiger partial charge in [-0.2, -0.15) is 0 Å². The minimum atomic E-state index is -1.71. The zero-order chi connectivity index (χ0) is 16.2. The predicted molar refractivity (Wildman–Crippen MR) is 68.9 cm³/mol. The first-order valence-corrected chi connectivity index (χ1v) is 5.72. The number of carbonyl (C=O) groups excluding carboxylic acids is 1. The van der Waals surface area contributed by atoms with Crippen molar-refractivity contribution < 1.29 is 24.7 Å². The molecule has 0 radical (unpaired) electrons. The van der Waals surface area contributed by atoms with E-state index in [2.05, 4.69) is 5.32 Å². The van der Waals surface area contributed by atoms with E-state index in [0.717, 1.165) is 12.3 Å². The highest BCUT2D eigenvalue weighted by Crippen LogP contribution is 2.10. The Balaban J connectivity index is 2.85. The molecule has 0 saturated carbocycles. The number of aliphatic hydroxyl groups is 1. The van der Waals surface area contributed by atoms with Crippen LogP contribution in [0.3, 0.4) is 0 Å². The van der Waals surface area contributed by atoms with E-state index >= 15 is 0 Å². The van der Waals surface area contributed by atoms with Gasteiger partial charge >= 0.3 is 5.97 Å². The number of carboxylic acid groups (broad SMARTS) is 1. The van der Waals surface area contributed by atoms with Gasteiger partial charge in [-0.25, -0.2) is 0 Å². The lowest BCUT2D eigenvalue weighted by Gasteiger charge is -2.21. The first-order valence-electron chi connectivity index (χ1n) is 5.72. The lowest BCUT2D eigenvalue weighted by atomic mass is 10.0. The number of aliphatic carboxylic acids is 1. The van der Waals surface area contributed by atoms with Crippen LogP contribution in [0, 0.1) is 10.1 Å². The fourth-order valence-corrected chi connectivity index (χ4v) is 1.50. The summed E-state index contributed by atoms with van der Waals surface area (Å²) in [5.74, 6) is -2.21. The van der Waals surface area contributed by atoms with Crippen LogP contribution in [0.4, 0.5) is 5.69 Å². The van der Waals surface area contributed by atoms with E-state index in [1.807, 2.05) is 4.98 Å². The third kappa shape index (κ3) is 4.69. The number of nitrogens with zero attached hydrogens (tertiary/aromatic N) is 1. The standard InChI is InChI=1S/C11H13N3O7/c1-11(19,3-8(15)16)5-13-10(18)7-2-6(14(20)21)4-12-9(7)17/h2,4,19H,3,5H2,1H3,(H,12,17)(H,13,18)(H,15,16). The predicted octanol–water partition coefficient (Wildman–Crippen LogP) is -0.761. The molecule has 10 heteroatoms. The molecule has 0 aliphatic carbocycles. The van der Waals surface area contributed by atoms with Crippen LogP contribution >= 0.6 is 0 Å². The molecule has 114 valence electrons. The molecule has 0 aromatic carbocycles. The molecule has 4 N–H and O–H groups in total. The van der Waals surface area contributed by atoms with Crippen molar-refractivity contribution in [2.75, 3.05) is 6.54 Å². The van der Waals surface area contributed by atoms with Gasteiger partial charge in [0, 0.05) is 12.6 Å². The van der Waals surface area contributed by atoms with Crippen molar-refractivity contribution in [3.8, 4) is 0 Å². The summed E-state index contributed by atoms with van der Waals surface area (Å²) in [7, 11) is 0. The van der Waals surface area contributed by atoms with Crippen molar-refractivity contribution in [1.29, 1.82) is 0 Å². The summed E-state index contributed by atoms with van der Waals surface area (Å²) in [6.45, 7) is 0.763. The van der Waals surface area contributed by atoms with Crippen LogP contribution in [0.1, 0.15) is 23.7 Å². The van der Waals surface area contributed by atoms with Crippen LogP contribution in [-0.4, -0.2) is 44.1 Å². The average molecular weight is 299 g/mol. The fourth-order valence-electron chi connectivity index (χ4n) is 1.50. The quantitative estimate of drug-likeness (QED) is 0.396. The molecule has 1 unspecified atom stereocenters. The third-order valence-corrected chi connectivity index (χ3v) is 2.51. The molecule has 0 aliphatic heterocycles. The summed E-state index contributed by atoms with van der Waals surface area (Å²) in [5, 5.41) is 31.0. The first-order chi connectivity index (χ1) is 9.62. The van der Waals surface area contributed by atoms with Crippen molar-refractivity contribution >= 4 is 17.6 Å². The molecular formula is C11H13N3O7. The molecular weight excluding hydrogens is 286 g/mol. The molecule has 0 saturated heterocycles. The molecule has 0 aliphatic rings. The second-order valence-corrected chi connectivity index (χ2v) is 4.61. The van der Waals surface area contributed by atoms with Crippen LogP contribution in [0.2, 0.25) is 0 Å². The molecule has 0 fully saturated rings. The monoisotopic (exact) mass is 299 g/mol. The van der Waals surface area contributed by atoms with E-state index in [0.29, 0.717) is 0 Å². The van der Waals surface area contributed by atoms with Gasteiger partial charge in [0.15, 0.2) is 0 Å². The Morgan fingerprint density at radius 2 is 2.14 bits per heavy atom. The number of hydrogen-bond donors (Lipinski definition) is 4. The van der Waals surface area contributed by atoms with Crippen LogP contribution < -0.4 is 10.9 Å². The van der Waals surface area contributed by atoms with Gasteiger partial charge in [-0.15, -0.1) is 0 Å². The summed E-state index contributed by atoms with van der Waals surface area (Å²) >= 11 is 0. The number of hydrogen-bond acceptors (Lipinski definition) is 6. The van der Waals surface area contributed by atoms with Crippen molar-refractivity contribution in [3.63, 3.8) is 0 Å². The molecule has 1 amide bonds. The number of carboxylic acids is 1. The lowest BCUT2D eigenvalue weighted by molar-refractivity contribution is -0.385. The van der Waals surface area contributed by atoms with Crippen LogP contribution in [-0.2, 0) is 4.79 Å². The zero-order valence-corrected chi connectivity index (χ0v) is 11.0. The molecule has 10 nitrogen and oxygen atoms in total. The number of carbonyl (C=O) groups is 2. The van der Waals surface area contributed by atoms with Crippen molar-refractivity contribution in [2.24, 2.45) is 0 Å². The van der Waals surface area contributed by atoms with Crippen LogP contribution in [0.15, 0.2) is 17.1 Å². The number of aromatic amines is 1. The smallest absolute Gasteiger partial charge is 0.306 e. The van der Waals surface area contributed by atoms with E-state index < -0.39 is 52.2 Å². The summed E-state index contributed by atoms with van der Waals surface area (Å²) in [5.41, 5.74) is -3.53. The normalized spacial score (nSPS) is 13.2. The molecule has 1 rings (SSSR count). The Morgan fingerprint density at radius 3 is 2.67 bits per heavy atom. The number of rotatable bonds is 6. The van der Waals surface area contributed by atoms with E-state index in [9.17, 15) is 29.6 Å². The fraction of sp³-hybridized carbons (Fsp3) is 0.364. The second kappa shape index (κ2) is 6.13. The third-order valence-electron chi connectivity index (χ3n) is 2.51. The van der Waals surface area contributed by atoms with Gasteiger partial charge in [-0.05, 0) is 6.92 Å². The van der Waals surface area contributed by atoms with Crippen molar-refractivity contribution in [2.45, 2.75) is 18.9 Å². The first kappa shape index (κ1) is 16.3. The van der Waals surface area contributed by atoms with Gasteiger partial charge < -0.3 is 20.5 Å². The van der Waals surface area contributed by atoms with Gasteiger partial charge in [0.05, 0.1) is 23.1 Å². The largest absolute Gasteiger partial charge is 0.481 e. The van der Waals surface area contributed by atoms with Gasteiger partial charge in [0.2, 0.25) is 0 Å². The van der Waals surface area contributed by atoms with Crippen molar-refractivity contribution in [3.05, 3.63) is 38.3 Å². The Labute approximate surface area is 117 Å². The highest BCUT2D eigenvalue weighted by molar-refractivity contribution is 5.94. The summed E-state index contributed by atoms with van der Waals surface area (Å²) in [6.07, 6.45) is 0.234. The van der Waals surface area contributed by atoms with Gasteiger partial charge in [-0.1, -0.05) is 0 Å². The molecule has 1 aromatic rings. The minimum Gasteiger partial charge on any atom is -0.481 e. The number of nitrogens with one attached hydrogen (secondary N) is 2. The maximum atomic E-state index is 11.8. The number of nitro groups is 1. The molecule has 0 spiro atoms. The maximum Gasteiger partial charge on any atom is 0.306 e. The Morgan fingerprint density at radius 1 is 1.52 bits per heavy atom. The van der Waals surface area contributed by atoms with Crippen LogP contribution in [0.5, 0.6) is 0 Å². The van der Waals surface area contributed by atoms with E-state index in [1.54, 1.807) is 0 Å². The van der Waals surface area contributed by atoms with E-state index in [1.165, 1.54) is 6.92 Å². The Bertz CT molecular complexity index is 635. The van der Waals surface area contributed by atoms with E-state index in [-0.39, 0.29) is 0 Å². The topological polar surface area (TPSA) is 163 Å². The summed E-state index contributed by atoms with van der Waals surface area (Å²) < 4.78 is 0. The Hall–Kier alpha value is -2.75. The Kier molecular flexibility index (Phi) is 4.76. The molecule has 1 heterocycles. The summed E-state index contributed by atoms with van der Waals surface area (Å²) in [4.78, 5) is 45.5. The molecule has 1 atom stereocenters. The maximum absolute atomic E-state index is 11.8. The molecule has 0 bridgehead atoms. The minimum absolute atomic E-state index is 0.430. The van der Waals surface area contributed by atoms with E-state index in [4.69, 9.17) is 5.11 Å². The number of aromatic nitrogens is 1. The highest BCUT2D eigenvalue weighted by Gasteiger charge is 2.26. The van der Waals surface area contributed by atoms with Crippen molar-refractivity contribution in [1.82, 2.24) is 10.3 Å². The lowest BCUT2D eigenvalue weighted by Crippen LogP contribution is -2.43. The zero-order valence-electron chi connectivity index (χ0n) is 11.0. The number of H-pyrrole nitrogens is 1. The van der Waals surface area contributed by atoms with Gasteiger partial charge in [-0.3, -0.25) is 24.5 Å². The molecule has 21 heavy (non-hydrogen) atoms. The number of pyridine rings is 1. The van der Waals surface area contributed by atoms with Crippen LogP contribution in [0.25, 0.3) is 0 Å².